The summed E-state index contributed by atoms with van der Waals surface area (Å²) in [7, 11) is 0. The Labute approximate surface area is 158 Å². The lowest BCUT2D eigenvalue weighted by Gasteiger charge is -2.12. The summed E-state index contributed by atoms with van der Waals surface area (Å²) in [6, 6.07) is 5.30. The molecule has 0 saturated heterocycles. The van der Waals surface area contributed by atoms with Crippen molar-refractivity contribution in [2.45, 2.75) is 71.3 Å². The fraction of sp³-hybridized carbons (Fsp3) is 0.714. The van der Waals surface area contributed by atoms with Crippen molar-refractivity contribution in [3.05, 3.63) is 34.7 Å². The average Bonchev–Trinajstić information content (AvgIpc) is 3.16. The molecule has 0 aliphatic heterocycles. The molecule has 0 amide bonds. The molecule has 146 valence electrons. The third-order valence-electron chi connectivity index (χ3n) is 5.13. The average molecular weight is 361 g/mol. The highest BCUT2D eigenvalue weighted by molar-refractivity contribution is 5.79. The molecule has 0 radical (unpaired) electrons. The molecular formula is C21H36N4O. The summed E-state index contributed by atoms with van der Waals surface area (Å²) < 4.78 is 1.77. The van der Waals surface area contributed by atoms with Crippen LogP contribution < -0.4 is 16.2 Å². The van der Waals surface area contributed by atoms with Crippen LogP contribution in [0.4, 0.5) is 0 Å². The van der Waals surface area contributed by atoms with E-state index >= 15 is 0 Å². The molecule has 1 aliphatic rings. The lowest BCUT2D eigenvalue weighted by molar-refractivity contribution is 0.475. The minimum atomic E-state index is 0.0768. The predicted octanol–water partition coefficient (Wildman–Crippen LogP) is 3.54. The van der Waals surface area contributed by atoms with E-state index in [4.69, 9.17) is 0 Å². The molecule has 1 aromatic rings. The molecule has 2 rings (SSSR count). The van der Waals surface area contributed by atoms with Crippen molar-refractivity contribution in [1.82, 2.24) is 15.2 Å². The van der Waals surface area contributed by atoms with Crippen LogP contribution in [0.3, 0.4) is 0 Å². The highest BCUT2D eigenvalue weighted by atomic mass is 16.1. The first kappa shape index (κ1) is 20.5. The van der Waals surface area contributed by atoms with Gasteiger partial charge in [0, 0.05) is 38.4 Å². The molecule has 1 saturated carbocycles. The Balaban J connectivity index is 1.57. The van der Waals surface area contributed by atoms with Crippen LogP contribution in [-0.4, -0.2) is 30.2 Å². The first-order valence-electron chi connectivity index (χ1n) is 10.5. The fourth-order valence-corrected chi connectivity index (χ4v) is 3.64. The molecule has 1 fully saturated rings. The maximum absolute atomic E-state index is 11.7. The van der Waals surface area contributed by atoms with Crippen molar-refractivity contribution in [2.75, 3.05) is 19.6 Å². The zero-order valence-electron chi connectivity index (χ0n) is 16.4. The summed E-state index contributed by atoms with van der Waals surface area (Å²) in [6.07, 6.45) is 13.5. The second-order valence-electron chi connectivity index (χ2n) is 7.27. The molecule has 26 heavy (non-hydrogen) atoms. The molecule has 0 atom stereocenters. The largest absolute Gasteiger partial charge is 0.357 e. The Morgan fingerprint density at radius 3 is 2.77 bits per heavy atom. The topological polar surface area (TPSA) is 58.4 Å². The summed E-state index contributed by atoms with van der Waals surface area (Å²) in [4.78, 5) is 16.3. The number of unbranched alkanes of at least 4 members (excludes halogenated alkanes) is 2. The number of aliphatic imine (C=N–C) groups is 1. The molecule has 2 N–H and O–H groups in total. The van der Waals surface area contributed by atoms with Gasteiger partial charge in [0.2, 0.25) is 5.56 Å². The summed E-state index contributed by atoms with van der Waals surface area (Å²) in [5.74, 6) is 1.91. The van der Waals surface area contributed by atoms with Gasteiger partial charge in [0.1, 0.15) is 0 Å². The van der Waals surface area contributed by atoms with Gasteiger partial charge in [-0.1, -0.05) is 44.6 Å². The highest BCUT2D eigenvalue weighted by Crippen LogP contribution is 2.28. The smallest absolute Gasteiger partial charge is 0.250 e. The van der Waals surface area contributed by atoms with E-state index in [9.17, 15) is 4.79 Å². The van der Waals surface area contributed by atoms with E-state index < -0.39 is 0 Å². The molecule has 5 heteroatoms. The van der Waals surface area contributed by atoms with E-state index in [-0.39, 0.29) is 5.56 Å². The van der Waals surface area contributed by atoms with Gasteiger partial charge in [0.25, 0.3) is 0 Å². The van der Waals surface area contributed by atoms with Gasteiger partial charge in [-0.25, -0.2) is 0 Å². The number of hydrogen-bond donors (Lipinski definition) is 2. The van der Waals surface area contributed by atoms with Gasteiger partial charge in [0.15, 0.2) is 5.96 Å². The predicted molar refractivity (Wildman–Crippen MR) is 110 cm³/mol. The summed E-state index contributed by atoms with van der Waals surface area (Å²) >= 11 is 0. The van der Waals surface area contributed by atoms with E-state index in [0.29, 0.717) is 0 Å². The van der Waals surface area contributed by atoms with E-state index in [1.54, 1.807) is 16.7 Å². The van der Waals surface area contributed by atoms with Gasteiger partial charge in [-0.05, 0) is 38.2 Å². The van der Waals surface area contributed by atoms with Crippen LogP contribution in [0.15, 0.2) is 34.2 Å². The zero-order chi connectivity index (χ0) is 18.5. The third kappa shape index (κ3) is 8.07. The van der Waals surface area contributed by atoms with Gasteiger partial charge in [0.05, 0.1) is 0 Å². The second kappa shape index (κ2) is 12.6. The highest BCUT2D eigenvalue weighted by Gasteiger charge is 2.13. The minimum absolute atomic E-state index is 0.0768. The monoisotopic (exact) mass is 360 g/mol. The van der Waals surface area contributed by atoms with Gasteiger partial charge < -0.3 is 15.2 Å². The van der Waals surface area contributed by atoms with E-state index in [0.717, 1.165) is 50.9 Å². The van der Waals surface area contributed by atoms with Crippen LogP contribution in [0.5, 0.6) is 0 Å². The third-order valence-corrected chi connectivity index (χ3v) is 5.13. The lowest BCUT2D eigenvalue weighted by Crippen LogP contribution is -2.38. The van der Waals surface area contributed by atoms with E-state index in [1.165, 1.54) is 44.9 Å². The lowest BCUT2D eigenvalue weighted by atomic mass is 10.0. The SMILES string of the molecule is CCNC(=NCCCCC1CCCC1)NCCCCn1ccccc1=O. The van der Waals surface area contributed by atoms with Crippen LogP contribution in [0.25, 0.3) is 0 Å². The number of nitrogens with zero attached hydrogens (tertiary/aromatic N) is 2. The summed E-state index contributed by atoms with van der Waals surface area (Å²) in [5, 5.41) is 6.72. The number of guanidine groups is 1. The molecule has 0 aromatic carbocycles. The number of hydrogen-bond acceptors (Lipinski definition) is 2. The summed E-state index contributed by atoms with van der Waals surface area (Å²) in [6.45, 7) is 5.54. The quantitative estimate of drug-likeness (QED) is 0.360. The van der Waals surface area contributed by atoms with Crippen LogP contribution in [0.2, 0.25) is 0 Å². The Bertz CT molecular complexity index is 575. The van der Waals surface area contributed by atoms with E-state index in [2.05, 4.69) is 22.5 Å². The van der Waals surface area contributed by atoms with Gasteiger partial charge in [-0.2, -0.15) is 0 Å². The number of aromatic nitrogens is 1. The normalized spacial score (nSPS) is 15.3. The van der Waals surface area contributed by atoms with Crippen molar-refractivity contribution < 1.29 is 0 Å². The molecule has 5 nitrogen and oxygen atoms in total. The van der Waals surface area contributed by atoms with Crippen LogP contribution in [0.1, 0.15) is 64.7 Å². The van der Waals surface area contributed by atoms with Crippen molar-refractivity contribution >= 4 is 5.96 Å². The van der Waals surface area contributed by atoms with Crippen molar-refractivity contribution in [3.63, 3.8) is 0 Å². The maximum atomic E-state index is 11.7. The number of pyridine rings is 1. The Kier molecular flexibility index (Phi) is 9.91. The molecule has 0 unspecified atom stereocenters. The van der Waals surface area contributed by atoms with Gasteiger partial charge in [-0.3, -0.25) is 9.79 Å². The molecule has 0 bridgehead atoms. The fourth-order valence-electron chi connectivity index (χ4n) is 3.64. The van der Waals surface area contributed by atoms with Crippen molar-refractivity contribution in [1.29, 1.82) is 0 Å². The standard InChI is InChI=1S/C21H36N4O/c1-2-22-21(23-15-7-5-13-19-11-3-4-12-19)24-16-8-10-18-25-17-9-6-14-20(25)26/h6,9,14,17,19H,2-5,7-8,10-13,15-16,18H2,1H3,(H2,22,23,24). The van der Waals surface area contributed by atoms with Crippen LogP contribution >= 0.6 is 0 Å². The Morgan fingerprint density at radius 1 is 1.15 bits per heavy atom. The first-order chi connectivity index (χ1) is 12.8. The molecule has 0 spiro atoms. The van der Waals surface area contributed by atoms with Gasteiger partial charge in [-0.15, -0.1) is 0 Å². The van der Waals surface area contributed by atoms with Crippen molar-refractivity contribution in [3.8, 4) is 0 Å². The first-order valence-corrected chi connectivity index (χ1v) is 10.5. The summed E-state index contributed by atoms with van der Waals surface area (Å²) in [5.41, 5.74) is 0.0768. The second-order valence-corrected chi connectivity index (χ2v) is 7.27. The molecular weight excluding hydrogens is 324 g/mol. The van der Waals surface area contributed by atoms with Crippen LogP contribution in [0, 0.1) is 5.92 Å². The molecule has 1 aromatic heterocycles. The zero-order valence-corrected chi connectivity index (χ0v) is 16.4. The molecule has 1 heterocycles. The van der Waals surface area contributed by atoms with Crippen molar-refractivity contribution in [2.24, 2.45) is 10.9 Å². The van der Waals surface area contributed by atoms with E-state index in [1.807, 2.05) is 12.3 Å². The maximum Gasteiger partial charge on any atom is 0.250 e. The Morgan fingerprint density at radius 2 is 2.00 bits per heavy atom. The molecule has 1 aliphatic carbocycles. The van der Waals surface area contributed by atoms with Gasteiger partial charge >= 0.3 is 0 Å². The number of nitrogens with one attached hydrogen (secondary N) is 2. The Hall–Kier alpha value is -1.78. The van der Waals surface area contributed by atoms with Crippen LogP contribution in [-0.2, 0) is 6.54 Å². The minimum Gasteiger partial charge on any atom is -0.357 e. The number of rotatable bonds is 11. The number of aryl methyl sites for hydroxylation is 1.